The van der Waals surface area contributed by atoms with Crippen LogP contribution in [0, 0.1) is 0 Å². The van der Waals surface area contributed by atoms with E-state index >= 15 is 0 Å². The molecule has 1 aromatic carbocycles. The van der Waals surface area contributed by atoms with Crippen molar-refractivity contribution in [3.05, 3.63) is 53.3 Å². The number of aryl methyl sites for hydroxylation is 1. The van der Waals surface area contributed by atoms with E-state index in [0.717, 1.165) is 5.56 Å². The first-order chi connectivity index (χ1) is 11.6. The summed E-state index contributed by atoms with van der Waals surface area (Å²) in [4.78, 5) is 18.0. The first-order valence-electron chi connectivity index (χ1n) is 7.55. The van der Waals surface area contributed by atoms with Gasteiger partial charge in [0.25, 0.3) is 0 Å². The van der Waals surface area contributed by atoms with Gasteiger partial charge >= 0.3 is 7.75 Å². The third-order valence-electron chi connectivity index (χ3n) is 3.71. The standard InChI is InChI=1S/C16H20NO7P/c18-12-5-3-11(4-6-12)2-1-9-16(20,21)14-8-7-13(19)10-15(14)17-25(22,23)24/h3-8,18-21H,1-2,9-10H2,(H2,22,23,24). The molecule has 1 aliphatic rings. The van der Waals surface area contributed by atoms with E-state index in [0.29, 0.717) is 12.8 Å². The number of rotatable bonds is 6. The lowest BCUT2D eigenvalue weighted by molar-refractivity contribution is -0.129. The van der Waals surface area contributed by atoms with Gasteiger partial charge < -0.3 is 30.2 Å². The minimum atomic E-state index is -4.78. The van der Waals surface area contributed by atoms with E-state index in [1.165, 1.54) is 24.3 Å². The molecule has 9 heteroatoms. The zero-order chi connectivity index (χ0) is 18.7. The number of hydrogen-bond donors (Lipinski definition) is 6. The number of aromatic hydroxyl groups is 1. The number of hydrogen-bond acceptors (Lipinski definition) is 5. The van der Waals surface area contributed by atoms with Crippen LogP contribution in [0.25, 0.3) is 0 Å². The third kappa shape index (κ3) is 5.81. The smallest absolute Gasteiger partial charge is 0.448 e. The van der Waals surface area contributed by atoms with Crippen LogP contribution in [0.5, 0.6) is 5.75 Å². The maximum absolute atomic E-state index is 11.1. The molecule has 0 fully saturated rings. The Morgan fingerprint density at radius 2 is 1.72 bits per heavy atom. The molecule has 0 heterocycles. The Bertz CT molecular complexity index is 759. The second-order valence-corrected chi connectivity index (χ2v) is 7.04. The van der Waals surface area contributed by atoms with E-state index < -0.39 is 13.5 Å². The second kappa shape index (κ2) is 7.51. The summed E-state index contributed by atoms with van der Waals surface area (Å²) in [5.41, 5.74) is 0.482. The number of aliphatic hydroxyl groups excluding tert-OH is 1. The van der Waals surface area contributed by atoms with Crippen molar-refractivity contribution in [2.24, 2.45) is 4.76 Å². The fourth-order valence-electron chi connectivity index (χ4n) is 2.55. The summed E-state index contributed by atoms with van der Waals surface area (Å²) in [6.07, 6.45) is 2.91. The number of phenols is 1. The lowest BCUT2D eigenvalue weighted by atomic mass is 9.90. The Balaban J connectivity index is 2.11. The van der Waals surface area contributed by atoms with E-state index in [1.807, 2.05) is 0 Å². The minimum absolute atomic E-state index is 0.103. The number of allylic oxidation sites excluding steroid dienone is 3. The molecule has 0 aliphatic heterocycles. The molecule has 0 spiro atoms. The summed E-state index contributed by atoms with van der Waals surface area (Å²) >= 11 is 0. The first-order valence-corrected chi connectivity index (χ1v) is 9.11. The number of nitrogens with zero attached hydrogens (tertiary/aromatic N) is 1. The van der Waals surface area contributed by atoms with Crippen molar-refractivity contribution in [2.45, 2.75) is 31.5 Å². The van der Waals surface area contributed by atoms with Crippen LogP contribution in [0.2, 0.25) is 0 Å². The Morgan fingerprint density at radius 3 is 2.32 bits per heavy atom. The van der Waals surface area contributed by atoms with Gasteiger partial charge in [0.1, 0.15) is 5.75 Å². The highest BCUT2D eigenvalue weighted by Crippen LogP contribution is 2.39. The summed E-state index contributed by atoms with van der Waals surface area (Å²) in [7, 11) is -4.78. The molecule has 0 saturated carbocycles. The number of aliphatic hydroxyl groups is 3. The molecular weight excluding hydrogens is 349 g/mol. The fraction of sp³-hybridized carbons (Fsp3) is 0.312. The predicted molar refractivity (Wildman–Crippen MR) is 91.1 cm³/mol. The molecule has 0 atom stereocenters. The van der Waals surface area contributed by atoms with E-state index in [-0.39, 0.29) is 35.6 Å². The van der Waals surface area contributed by atoms with Gasteiger partial charge in [-0.05, 0) is 42.7 Å². The monoisotopic (exact) mass is 369 g/mol. The predicted octanol–water partition coefficient (Wildman–Crippen LogP) is 1.70. The Hall–Kier alpha value is -1.96. The summed E-state index contributed by atoms with van der Waals surface area (Å²) in [6.45, 7) is 0. The summed E-state index contributed by atoms with van der Waals surface area (Å²) in [6, 6.07) is 6.49. The van der Waals surface area contributed by atoms with Crippen molar-refractivity contribution in [2.75, 3.05) is 0 Å². The van der Waals surface area contributed by atoms with Crippen LogP contribution in [0.3, 0.4) is 0 Å². The molecule has 0 saturated heterocycles. The van der Waals surface area contributed by atoms with E-state index in [2.05, 4.69) is 4.76 Å². The van der Waals surface area contributed by atoms with Crippen molar-refractivity contribution in [1.29, 1.82) is 0 Å². The molecule has 2 rings (SSSR count). The molecule has 8 nitrogen and oxygen atoms in total. The van der Waals surface area contributed by atoms with Crippen LogP contribution in [0.15, 0.2) is 52.5 Å². The Kier molecular flexibility index (Phi) is 5.82. The molecule has 0 amide bonds. The molecule has 136 valence electrons. The van der Waals surface area contributed by atoms with Crippen LogP contribution >= 0.6 is 7.75 Å². The van der Waals surface area contributed by atoms with Crippen molar-refractivity contribution >= 4 is 13.5 Å². The average Bonchev–Trinajstić information content (AvgIpc) is 2.47. The second-order valence-electron chi connectivity index (χ2n) is 5.81. The maximum atomic E-state index is 11.1. The summed E-state index contributed by atoms with van der Waals surface area (Å²) in [5.74, 6) is -2.39. The van der Waals surface area contributed by atoms with Crippen LogP contribution in [0.1, 0.15) is 24.8 Å². The lowest BCUT2D eigenvalue weighted by Crippen LogP contribution is -2.36. The molecular formula is C16H20NO7P. The number of benzene rings is 1. The topological polar surface area (TPSA) is 151 Å². The first kappa shape index (κ1) is 19.4. The van der Waals surface area contributed by atoms with Crippen LogP contribution in [-0.2, 0) is 11.0 Å². The van der Waals surface area contributed by atoms with Crippen LogP contribution in [0.4, 0.5) is 0 Å². The summed E-state index contributed by atoms with van der Waals surface area (Å²) in [5, 5.41) is 39.4. The number of phenolic OH excluding ortho intramolecular Hbond substituents is 1. The van der Waals surface area contributed by atoms with Gasteiger partial charge in [0.05, 0.1) is 11.5 Å². The van der Waals surface area contributed by atoms with Gasteiger partial charge in [0, 0.05) is 18.4 Å². The Labute approximate surface area is 144 Å². The summed E-state index contributed by atoms with van der Waals surface area (Å²) < 4.78 is 14.3. The fourth-order valence-corrected chi connectivity index (χ4v) is 3.04. The largest absolute Gasteiger partial charge is 0.512 e. The normalized spacial score (nSPS) is 17.4. The highest BCUT2D eigenvalue weighted by Gasteiger charge is 2.34. The van der Waals surface area contributed by atoms with Crippen molar-refractivity contribution in [3.63, 3.8) is 0 Å². The maximum Gasteiger partial charge on any atom is 0.448 e. The van der Waals surface area contributed by atoms with Crippen LogP contribution in [-0.4, -0.2) is 41.7 Å². The van der Waals surface area contributed by atoms with Gasteiger partial charge in [-0.15, -0.1) is 0 Å². The van der Waals surface area contributed by atoms with Crippen molar-refractivity contribution < 1.29 is 34.8 Å². The highest BCUT2D eigenvalue weighted by atomic mass is 31.2. The zero-order valence-electron chi connectivity index (χ0n) is 13.3. The lowest BCUT2D eigenvalue weighted by Gasteiger charge is -2.27. The quantitative estimate of drug-likeness (QED) is 0.330. The van der Waals surface area contributed by atoms with Crippen molar-refractivity contribution in [1.82, 2.24) is 0 Å². The molecule has 0 radical (unpaired) electrons. The average molecular weight is 369 g/mol. The zero-order valence-corrected chi connectivity index (χ0v) is 14.2. The molecule has 6 N–H and O–H groups in total. The van der Waals surface area contributed by atoms with Gasteiger partial charge in [0.2, 0.25) is 0 Å². The molecule has 0 unspecified atom stereocenters. The van der Waals surface area contributed by atoms with Crippen LogP contribution < -0.4 is 0 Å². The molecule has 0 aromatic heterocycles. The molecule has 1 aliphatic carbocycles. The van der Waals surface area contributed by atoms with E-state index in [1.54, 1.807) is 12.1 Å². The van der Waals surface area contributed by atoms with E-state index in [9.17, 15) is 25.0 Å². The van der Waals surface area contributed by atoms with Gasteiger partial charge in [-0.1, -0.05) is 12.1 Å². The van der Waals surface area contributed by atoms with Gasteiger partial charge in [0.15, 0.2) is 5.79 Å². The van der Waals surface area contributed by atoms with Gasteiger partial charge in [-0.25, -0.2) is 4.57 Å². The van der Waals surface area contributed by atoms with E-state index in [4.69, 9.17) is 9.79 Å². The van der Waals surface area contributed by atoms with Crippen molar-refractivity contribution in [3.8, 4) is 5.75 Å². The molecule has 0 bridgehead atoms. The SMILES string of the molecule is O=P(O)(O)N=C1CC(O)=CC=C1C(O)(O)CCCc1ccc(O)cc1. The van der Waals surface area contributed by atoms with Gasteiger partial charge in [-0.3, -0.25) is 0 Å². The van der Waals surface area contributed by atoms with Gasteiger partial charge in [-0.2, -0.15) is 4.76 Å². The molecule has 25 heavy (non-hydrogen) atoms. The molecule has 1 aromatic rings. The third-order valence-corrected chi connectivity index (χ3v) is 4.21. The minimum Gasteiger partial charge on any atom is -0.512 e. The Morgan fingerprint density at radius 1 is 1.08 bits per heavy atom. The highest BCUT2D eigenvalue weighted by molar-refractivity contribution is 7.50.